The van der Waals surface area contributed by atoms with Crippen molar-refractivity contribution in [2.45, 2.75) is 13.0 Å². The summed E-state index contributed by atoms with van der Waals surface area (Å²) in [5, 5.41) is 8.24. The average molecular weight is 471 g/mol. The molecular weight excluding hydrogens is 444 g/mol. The van der Waals surface area contributed by atoms with Gasteiger partial charge in [0.15, 0.2) is 0 Å². The van der Waals surface area contributed by atoms with Crippen molar-refractivity contribution in [2.24, 2.45) is 0 Å². The number of hydrogen-bond donors (Lipinski definition) is 2. The summed E-state index contributed by atoms with van der Waals surface area (Å²) in [5.74, 6) is -0.421. The van der Waals surface area contributed by atoms with Gasteiger partial charge in [0.2, 0.25) is 0 Å². The van der Waals surface area contributed by atoms with Gasteiger partial charge in [-0.2, -0.15) is 0 Å². The minimum Gasteiger partial charge on any atom is -0.345 e. The van der Waals surface area contributed by atoms with Gasteiger partial charge in [0.25, 0.3) is 11.8 Å². The lowest BCUT2D eigenvalue weighted by Crippen LogP contribution is -2.27. The third-order valence-corrected chi connectivity index (χ3v) is 6.27. The first kappa shape index (κ1) is 23.1. The van der Waals surface area contributed by atoms with E-state index in [-0.39, 0.29) is 17.9 Å². The molecule has 0 aliphatic rings. The van der Waals surface area contributed by atoms with E-state index in [0.29, 0.717) is 16.8 Å². The van der Waals surface area contributed by atoms with Crippen LogP contribution in [0.5, 0.6) is 0 Å². The second-order valence-corrected chi connectivity index (χ2v) is 8.74. The van der Waals surface area contributed by atoms with Gasteiger partial charge < -0.3 is 10.6 Å². The smallest absolute Gasteiger partial charge is 0.255 e. The Kier molecular flexibility index (Phi) is 6.59. The fourth-order valence-corrected chi connectivity index (χ4v) is 4.37. The third-order valence-electron chi connectivity index (χ3n) is 6.27. The number of amides is 2. The van der Waals surface area contributed by atoms with E-state index in [4.69, 9.17) is 0 Å². The molecule has 0 aliphatic heterocycles. The van der Waals surface area contributed by atoms with E-state index in [9.17, 15) is 9.59 Å². The van der Waals surface area contributed by atoms with Crippen LogP contribution in [0.15, 0.2) is 121 Å². The Hall–Kier alpha value is -4.70. The largest absolute Gasteiger partial charge is 0.345 e. The van der Waals surface area contributed by atoms with Crippen molar-refractivity contribution in [1.82, 2.24) is 5.32 Å². The quantitative estimate of drug-likeness (QED) is 0.275. The van der Waals surface area contributed by atoms with Crippen molar-refractivity contribution in [3.8, 4) is 11.1 Å². The highest BCUT2D eigenvalue weighted by Crippen LogP contribution is 2.25. The van der Waals surface area contributed by atoms with Crippen molar-refractivity contribution in [3.63, 3.8) is 0 Å². The molecule has 0 aromatic heterocycles. The topological polar surface area (TPSA) is 58.2 Å². The van der Waals surface area contributed by atoms with Gasteiger partial charge >= 0.3 is 0 Å². The molecule has 0 bridgehead atoms. The zero-order valence-corrected chi connectivity index (χ0v) is 19.9. The maximum Gasteiger partial charge on any atom is 0.255 e. The van der Waals surface area contributed by atoms with Crippen LogP contribution in [0.1, 0.15) is 39.2 Å². The lowest BCUT2D eigenvalue weighted by atomic mass is 9.99. The molecule has 0 heterocycles. The maximum atomic E-state index is 13.0. The Morgan fingerprint density at radius 1 is 0.611 bits per heavy atom. The molecule has 1 atom stereocenters. The Bertz CT molecular complexity index is 1520. The van der Waals surface area contributed by atoms with Gasteiger partial charge in [0.1, 0.15) is 0 Å². The summed E-state index contributed by atoms with van der Waals surface area (Å²) in [6, 6.07) is 38.6. The Labute approximate surface area is 210 Å². The Morgan fingerprint density at radius 2 is 1.28 bits per heavy atom. The molecular formula is C32H26N2O2. The van der Waals surface area contributed by atoms with Crippen LogP contribution in [0.3, 0.4) is 0 Å². The second-order valence-electron chi connectivity index (χ2n) is 8.74. The van der Waals surface area contributed by atoms with E-state index >= 15 is 0 Å². The predicted molar refractivity (Wildman–Crippen MR) is 146 cm³/mol. The van der Waals surface area contributed by atoms with Crippen molar-refractivity contribution in [1.29, 1.82) is 0 Å². The lowest BCUT2D eigenvalue weighted by molar-refractivity contribution is 0.0939. The summed E-state index contributed by atoms with van der Waals surface area (Å²) in [5.41, 5.74) is 4.81. The summed E-state index contributed by atoms with van der Waals surface area (Å²) >= 11 is 0. The number of benzene rings is 5. The van der Waals surface area contributed by atoms with Gasteiger partial charge in [0.05, 0.1) is 6.04 Å². The third kappa shape index (κ3) is 5.03. The molecule has 2 amide bonds. The van der Waals surface area contributed by atoms with E-state index in [2.05, 4.69) is 28.8 Å². The zero-order valence-electron chi connectivity index (χ0n) is 19.9. The molecule has 0 fully saturated rings. The number of hydrogen-bond acceptors (Lipinski definition) is 2. The van der Waals surface area contributed by atoms with Crippen LogP contribution in [0.2, 0.25) is 0 Å². The van der Waals surface area contributed by atoms with Crippen molar-refractivity contribution >= 4 is 28.3 Å². The Morgan fingerprint density at radius 3 is 2.08 bits per heavy atom. The maximum absolute atomic E-state index is 13.0. The summed E-state index contributed by atoms with van der Waals surface area (Å²) in [6.07, 6.45) is 0. The number of anilines is 1. The van der Waals surface area contributed by atoms with Gasteiger partial charge in [-0.15, -0.1) is 0 Å². The molecule has 0 aliphatic carbocycles. The average Bonchev–Trinajstić information content (AvgIpc) is 2.93. The van der Waals surface area contributed by atoms with Crippen LogP contribution in [-0.2, 0) is 0 Å². The molecule has 5 rings (SSSR count). The van der Waals surface area contributed by atoms with Gasteiger partial charge in [-0.05, 0) is 64.7 Å². The molecule has 0 saturated carbocycles. The summed E-state index contributed by atoms with van der Waals surface area (Å²) in [6.45, 7) is 1.98. The van der Waals surface area contributed by atoms with Crippen LogP contribution in [0.25, 0.3) is 21.9 Å². The van der Waals surface area contributed by atoms with E-state index in [1.165, 1.54) is 0 Å². The van der Waals surface area contributed by atoms with Gasteiger partial charge in [0, 0.05) is 16.8 Å². The molecule has 176 valence electrons. The number of rotatable bonds is 6. The molecule has 36 heavy (non-hydrogen) atoms. The molecule has 0 saturated heterocycles. The van der Waals surface area contributed by atoms with E-state index < -0.39 is 0 Å². The summed E-state index contributed by atoms with van der Waals surface area (Å²) in [7, 11) is 0. The molecule has 0 unspecified atom stereocenters. The highest BCUT2D eigenvalue weighted by molar-refractivity contribution is 6.05. The highest BCUT2D eigenvalue weighted by Gasteiger charge is 2.15. The molecule has 0 radical (unpaired) electrons. The first-order valence-corrected chi connectivity index (χ1v) is 11.9. The second kappa shape index (κ2) is 10.3. The van der Waals surface area contributed by atoms with Crippen molar-refractivity contribution in [2.75, 3.05) is 5.32 Å². The van der Waals surface area contributed by atoms with Crippen LogP contribution in [0.4, 0.5) is 5.69 Å². The number of nitrogens with one attached hydrogen (secondary N) is 2. The van der Waals surface area contributed by atoms with E-state index in [0.717, 1.165) is 27.5 Å². The van der Waals surface area contributed by atoms with E-state index in [1.54, 1.807) is 36.4 Å². The van der Waals surface area contributed by atoms with Crippen LogP contribution >= 0.6 is 0 Å². The van der Waals surface area contributed by atoms with Crippen LogP contribution in [-0.4, -0.2) is 11.8 Å². The van der Waals surface area contributed by atoms with Crippen LogP contribution < -0.4 is 10.6 Å². The number of carbonyl (C=O) groups is 2. The monoisotopic (exact) mass is 470 g/mol. The first-order chi connectivity index (χ1) is 17.6. The normalized spacial score (nSPS) is 11.6. The van der Waals surface area contributed by atoms with Gasteiger partial charge in [-0.1, -0.05) is 91.0 Å². The lowest BCUT2D eigenvalue weighted by Gasteiger charge is -2.17. The van der Waals surface area contributed by atoms with Crippen molar-refractivity contribution < 1.29 is 9.59 Å². The summed E-state index contributed by atoms with van der Waals surface area (Å²) < 4.78 is 0. The minimum absolute atomic E-state index is 0.176. The zero-order chi connectivity index (χ0) is 24.9. The Balaban J connectivity index is 1.27. The predicted octanol–water partition coefficient (Wildman–Crippen LogP) is 7.25. The molecule has 4 nitrogen and oxygen atoms in total. The SMILES string of the molecule is C[C@H](NC(=O)c1cccc(NC(=O)c2ccc(-c3ccccc3)cc2)c1)c1cccc2ccccc12. The molecule has 0 spiro atoms. The van der Waals surface area contributed by atoms with E-state index in [1.807, 2.05) is 73.7 Å². The fraction of sp³-hybridized carbons (Fsp3) is 0.0625. The minimum atomic E-state index is -0.226. The molecule has 5 aromatic rings. The van der Waals surface area contributed by atoms with Crippen LogP contribution in [0, 0.1) is 0 Å². The standard InChI is InChI=1S/C32H26N2O2/c1-22(29-16-8-12-25-11-5-6-15-30(25)29)33-32(36)27-13-7-14-28(21-27)34-31(35)26-19-17-24(18-20-26)23-9-3-2-4-10-23/h2-22H,1H3,(H,33,36)(H,34,35)/t22-/m0/s1. The highest BCUT2D eigenvalue weighted by atomic mass is 16.2. The molecule has 2 N–H and O–H groups in total. The first-order valence-electron chi connectivity index (χ1n) is 11.9. The van der Waals surface area contributed by atoms with Gasteiger partial charge in [-0.3, -0.25) is 9.59 Å². The molecule has 4 heteroatoms. The van der Waals surface area contributed by atoms with Crippen molar-refractivity contribution in [3.05, 3.63) is 138 Å². The fourth-order valence-electron chi connectivity index (χ4n) is 4.37. The number of fused-ring (bicyclic) bond motifs is 1. The summed E-state index contributed by atoms with van der Waals surface area (Å²) in [4.78, 5) is 25.8. The number of carbonyl (C=O) groups excluding carboxylic acids is 2. The van der Waals surface area contributed by atoms with Gasteiger partial charge in [-0.25, -0.2) is 0 Å². The molecule has 5 aromatic carbocycles.